The van der Waals surface area contributed by atoms with Crippen LogP contribution in [0.3, 0.4) is 0 Å². The second-order valence-corrected chi connectivity index (χ2v) is 5.90. The first-order valence-electron chi connectivity index (χ1n) is 8.04. The van der Waals surface area contributed by atoms with Crippen molar-refractivity contribution in [2.24, 2.45) is 13.0 Å². The molecular formula is C16H29N3O. The van der Waals surface area contributed by atoms with E-state index in [1.807, 2.05) is 12.4 Å². The fraction of sp³-hybridized carbons (Fsp3) is 0.812. The average molecular weight is 279 g/mol. The van der Waals surface area contributed by atoms with Gasteiger partial charge >= 0.3 is 0 Å². The fourth-order valence-electron chi connectivity index (χ4n) is 3.17. The standard InChI is InChI=1S/C16H29N3O/c1-4-17-14(6-7-16-18-8-9-19(16)3)10-13-11-15(12-13)20-5-2/h8-9,13-15,17H,4-7,10-12H2,1-3H3. The molecule has 0 aromatic carbocycles. The van der Waals surface area contributed by atoms with Crippen LogP contribution in [-0.4, -0.2) is 34.8 Å². The SMILES string of the molecule is CCNC(CCc1nccn1C)CC1CC(OCC)C1. The number of hydrogen-bond donors (Lipinski definition) is 1. The Bertz CT molecular complexity index is 385. The minimum absolute atomic E-state index is 0.529. The summed E-state index contributed by atoms with van der Waals surface area (Å²) in [5.41, 5.74) is 0. The highest BCUT2D eigenvalue weighted by Gasteiger charge is 2.31. The third-order valence-corrected chi connectivity index (χ3v) is 4.34. The Hall–Kier alpha value is -0.870. The van der Waals surface area contributed by atoms with Gasteiger partial charge < -0.3 is 14.6 Å². The first-order valence-corrected chi connectivity index (χ1v) is 8.04. The van der Waals surface area contributed by atoms with E-state index in [4.69, 9.17) is 4.74 Å². The third kappa shape index (κ3) is 4.32. The van der Waals surface area contributed by atoms with Crippen LogP contribution < -0.4 is 5.32 Å². The zero-order chi connectivity index (χ0) is 14.4. The molecule has 1 aliphatic rings. The number of ether oxygens (including phenoxy) is 1. The summed E-state index contributed by atoms with van der Waals surface area (Å²) in [7, 11) is 2.07. The molecule has 0 amide bonds. The Balaban J connectivity index is 1.72. The van der Waals surface area contributed by atoms with Gasteiger partial charge in [-0.25, -0.2) is 4.98 Å². The molecule has 0 spiro atoms. The molecule has 1 aromatic heterocycles. The van der Waals surface area contributed by atoms with Gasteiger partial charge in [0.2, 0.25) is 0 Å². The van der Waals surface area contributed by atoms with Crippen LogP contribution in [0.15, 0.2) is 12.4 Å². The van der Waals surface area contributed by atoms with Gasteiger partial charge in [0.05, 0.1) is 6.10 Å². The van der Waals surface area contributed by atoms with Crippen molar-refractivity contribution in [2.75, 3.05) is 13.2 Å². The summed E-state index contributed by atoms with van der Waals surface area (Å²) in [5.74, 6) is 2.03. The summed E-state index contributed by atoms with van der Waals surface area (Å²) < 4.78 is 7.77. The average Bonchev–Trinajstić information content (AvgIpc) is 2.79. The first kappa shape index (κ1) is 15.5. The van der Waals surface area contributed by atoms with Gasteiger partial charge in [-0.3, -0.25) is 0 Å². The Kier molecular flexibility index (Phi) is 6.05. The number of nitrogens with zero attached hydrogens (tertiary/aromatic N) is 2. The first-order chi connectivity index (χ1) is 9.72. The zero-order valence-electron chi connectivity index (χ0n) is 13.1. The van der Waals surface area contributed by atoms with Gasteiger partial charge in [-0.15, -0.1) is 0 Å². The molecule has 0 aliphatic heterocycles. The van der Waals surface area contributed by atoms with E-state index in [2.05, 4.69) is 35.8 Å². The van der Waals surface area contributed by atoms with Crippen LogP contribution in [0.2, 0.25) is 0 Å². The number of aromatic nitrogens is 2. The molecule has 20 heavy (non-hydrogen) atoms. The number of nitrogens with one attached hydrogen (secondary N) is 1. The second-order valence-electron chi connectivity index (χ2n) is 5.90. The molecule has 2 rings (SSSR count). The number of aryl methyl sites for hydroxylation is 2. The minimum atomic E-state index is 0.529. The van der Waals surface area contributed by atoms with Crippen LogP contribution in [0.1, 0.15) is 45.4 Å². The molecular weight excluding hydrogens is 250 g/mol. The molecule has 1 unspecified atom stereocenters. The van der Waals surface area contributed by atoms with E-state index >= 15 is 0 Å². The molecule has 1 heterocycles. The molecule has 1 atom stereocenters. The van der Waals surface area contributed by atoms with E-state index in [1.165, 1.54) is 31.5 Å². The topological polar surface area (TPSA) is 39.1 Å². The van der Waals surface area contributed by atoms with Crippen LogP contribution in [0.4, 0.5) is 0 Å². The highest BCUT2D eigenvalue weighted by molar-refractivity contribution is 4.93. The predicted molar refractivity (Wildman–Crippen MR) is 81.7 cm³/mol. The van der Waals surface area contributed by atoms with E-state index in [0.29, 0.717) is 12.1 Å². The largest absolute Gasteiger partial charge is 0.378 e. The maximum absolute atomic E-state index is 5.65. The Labute approximate surface area is 122 Å². The monoisotopic (exact) mass is 279 g/mol. The predicted octanol–water partition coefficient (Wildman–Crippen LogP) is 2.54. The van der Waals surface area contributed by atoms with Crippen LogP contribution in [0.25, 0.3) is 0 Å². The molecule has 1 fully saturated rings. The highest BCUT2D eigenvalue weighted by atomic mass is 16.5. The van der Waals surface area contributed by atoms with Crippen LogP contribution in [-0.2, 0) is 18.2 Å². The summed E-state index contributed by atoms with van der Waals surface area (Å²) in [6, 6.07) is 0.615. The van der Waals surface area contributed by atoms with E-state index in [1.54, 1.807) is 0 Å². The minimum Gasteiger partial charge on any atom is -0.378 e. The summed E-state index contributed by atoms with van der Waals surface area (Å²) in [6.07, 6.45) is 10.4. The lowest BCUT2D eigenvalue weighted by Crippen LogP contribution is -2.38. The third-order valence-electron chi connectivity index (χ3n) is 4.34. The molecule has 4 nitrogen and oxygen atoms in total. The van der Waals surface area contributed by atoms with Gasteiger partial charge in [0.25, 0.3) is 0 Å². The molecule has 0 bridgehead atoms. The summed E-state index contributed by atoms with van der Waals surface area (Å²) in [5, 5.41) is 3.63. The maximum Gasteiger partial charge on any atom is 0.108 e. The molecule has 1 aromatic rings. The summed E-state index contributed by atoms with van der Waals surface area (Å²) in [4.78, 5) is 4.41. The zero-order valence-corrected chi connectivity index (χ0v) is 13.1. The van der Waals surface area contributed by atoms with Crippen molar-refractivity contribution in [3.05, 3.63) is 18.2 Å². The highest BCUT2D eigenvalue weighted by Crippen LogP contribution is 2.34. The van der Waals surface area contributed by atoms with Crippen molar-refractivity contribution in [1.82, 2.24) is 14.9 Å². The van der Waals surface area contributed by atoms with Crippen molar-refractivity contribution < 1.29 is 4.74 Å². The number of imidazole rings is 1. The van der Waals surface area contributed by atoms with E-state index < -0.39 is 0 Å². The Morgan fingerprint density at radius 3 is 2.85 bits per heavy atom. The van der Waals surface area contributed by atoms with Gasteiger partial charge in [-0.05, 0) is 45.1 Å². The molecule has 4 heteroatoms. The molecule has 114 valence electrons. The Morgan fingerprint density at radius 2 is 2.25 bits per heavy atom. The van der Waals surface area contributed by atoms with Crippen molar-refractivity contribution in [3.63, 3.8) is 0 Å². The van der Waals surface area contributed by atoms with Crippen molar-refractivity contribution in [2.45, 2.75) is 58.1 Å². The van der Waals surface area contributed by atoms with Crippen molar-refractivity contribution in [1.29, 1.82) is 0 Å². The maximum atomic E-state index is 5.65. The molecule has 0 saturated heterocycles. The van der Waals surface area contributed by atoms with Gasteiger partial charge in [-0.2, -0.15) is 0 Å². The fourth-order valence-corrected chi connectivity index (χ4v) is 3.17. The second kappa shape index (κ2) is 7.79. The van der Waals surface area contributed by atoms with Gasteiger partial charge in [0.1, 0.15) is 5.82 Å². The normalized spacial score (nSPS) is 23.6. The van der Waals surface area contributed by atoms with E-state index in [9.17, 15) is 0 Å². The van der Waals surface area contributed by atoms with E-state index in [0.717, 1.165) is 25.5 Å². The Morgan fingerprint density at radius 1 is 1.45 bits per heavy atom. The van der Waals surface area contributed by atoms with Gasteiger partial charge in [-0.1, -0.05) is 6.92 Å². The molecule has 1 aliphatic carbocycles. The van der Waals surface area contributed by atoms with Crippen LogP contribution in [0.5, 0.6) is 0 Å². The summed E-state index contributed by atoms with van der Waals surface area (Å²) >= 11 is 0. The van der Waals surface area contributed by atoms with E-state index in [-0.39, 0.29) is 0 Å². The van der Waals surface area contributed by atoms with Crippen LogP contribution in [0, 0.1) is 5.92 Å². The molecule has 1 N–H and O–H groups in total. The summed E-state index contributed by atoms with van der Waals surface area (Å²) in [6.45, 7) is 6.18. The van der Waals surface area contributed by atoms with Crippen molar-refractivity contribution in [3.8, 4) is 0 Å². The lowest BCUT2D eigenvalue weighted by atomic mass is 9.77. The quantitative estimate of drug-likeness (QED) is 0.755. The lowest BCUT2D eigenvalue weighted by molar-refractivity contribution is -0.0292. The van der Waals surface area contributed by atoms with Gasteiger partial charge in [0.15, 0.2) is 0 Å². The molecule has 0 radical (unpaired) electrons. The smallest absolute Gasteiger partial charge is 0.108 e. The number of rotatable bonds is 9. The lowest BCUT2D eigenvalue weighted by Gasteiger charge is -2.37. The van der Waals surface area contributed by atoms with Gasteiger partial charge in [0, 0.05) is 38.5 Å². The molecule has 1 saturated carbocycles. The number of hydrogen-bond acceptors (Lipinski definition) is 3. The van der Waals surface area contributed by atoms with Crippen LogP contribution >= 0.6 is 0 Å². The van der Waals surface area contributed by atoms with Crippen molar-refractivity contribution >= 4 is 0 Å².